The van der Waals surface area contributed by atoms with Crippen LogP contribution in [0.25, 0.3) is 0 Å². The van der Waals surface area contributed by atoms with Crippen LogP contribution >= 0.6 is 23.2 Å². The molecule has 1 aromatic rings. The van der Waals surface area contributed by atoms with Crippen molar-refractivity contribution < 1.29 is 39.7 Å². The average Bonchev–Trinajstić information content (AvgIpc) is 2.64. The van der Waals surface area contributed by atoms with Gasteiger partial charge in [-0.2, -0.15) is 0 Å². The number of aliphatic carboxylic acids is 2. The number of amides is 1. The quantitative estimate of drug-likeness (QED) is 0.147. The Kier molecular flexibility index (Phi) is 15.8. The van der Waals surface area contributed by atoms with E-state index >= 15 is 0 Å². The van der Waals surface area contributed by atoms with Crippen LogP contribution in [0.2, 0.25) is 0 Å². The van der Waals surface area contributed by atoms with Crippen molar-refractivity contribution in [3.05, 3.63) is 39.9 Å². The molecule has 2 unspecified atom stereocenters. The van der Waals surface area contributed by atoms with Gasteiger partial charge in [0.1, 0.15) is 6.10 Å². The SMILES string of the molecule is O=C(NC(CO)C(O)c1ccc([N+](=O)[O-])cc1)C(Cl)Cl.O=C(O)CCC(=O)O.[NaH]. The molecule has 1 amide bonds. The van der Waals surface area contributed by atoms with Crippen LogP contribution in [0.4, 0.5) is 5.69 Å². The molecule has 0 saturated carbocycles. The molecule has 11 nitrogen and oxygen atoms in total. The summed E-state index contributed by atoms with van der Waals surface area (Å²) >= 11 is 10.7. The summed E-state index contributed by atoms with van der Waals surface area (Å²) < 4.78 is 0. The van der Waals surface area contributed by atoms with Crippen molar-refractivity contribution in [3.8, 4) is 0 Å². The number of nitro groups is 1. The molecule has 1 rings (SSSR count). The third-order valence-electron chi connectivity index (χ3n) is 3.10. The van der Waals surface area contributed by atoms with E-state index in [1.54, 1.807) is 0 Å². The molecule has 0 saturated heterocycles. The Morgan fingerprint density at radius 1 is 1.07 bits per heavy atom. The molecule has 5 N–H and O–H groups in total. The predicted octanol–water partition coefficient (Wildman–Crippen LogP) is 0.196. The van der Waals surface area contributed by atoms with Gasteiger partial charge in [0.2, 0.25) is 0 Å². The van der Waals surface area contributed by atoms with Crippen LogP contribution in [0, 0.1) is 10.1 Å². The summed E-state index contributed by atoms with van der Waals surface area (Å²) in [6.07, 6.45) is -1.85. The number of nitrogens with zero attached hydrogens (tertiary/aromatic N) is 1. The molecule has 0 aliphatic carbocycles. The maximum absolute atomic E-state index is 11.3. The number of hydrogen-bond acceptors (Lipinski definition) is 7. The first-order chi connectivity index (χ1) is 13.0. The molecule has 0 heterocycles. The third-order valence-corrected chi connectivity index (χ3v) is 3.50. The van der Waals surface area contributed by atoms with Crippen molar-refractivity contribution in [3.63, 3.8) is 0 Å². The van der Waals surface area contributed by atoms with Gasteiger partial charge < -0.3 is 25.7 Å². The summed E-state index contributed by atoms with van der Waals surface area (Å²) in [5, 5.41) is 47.7. The average molecular weight is 465 g/mol. The second-order valence-corrected chi connectivity index (χ2v) is 6.28. The van der Waals surface area contributed by atoms with Crippen molar-refractivity contribution in [1.29, 1.82) is 0 Å². The first-order valence-corrected chi connectivity index (χ1v) is 8.42. The Balaban J connectivity index is 0. The zero-order valence-electron chi connectivity index (χ0n) is 14.2. The number of non-ortho nitro benzene ring substituents is 1. The zero-order valence-corrected chi connectivity index (χ0v) is 15.7. The second kappa shape index (κ2) is 15.4. The predicted molar refractivity (Wildman–Crippen MR) is 104 cm³/mol. The molecule has 2 atom stereocenters. The Bertz CT molecular complexity index is 675. The van der Waals surface area contributed by atoms with Gasteiger partial charge in [-0.25, -0.2) is 0 Å². The van der Waals surface area contributed by atoms with E-state index in [4.69, 9.17) is 38.5 Å². The maximum atomic E-state index is 11.3. The van der Waals surface area contributed by atoms with E-state index in [-0.39, 0.29) is 48.1 Å². The molecule has 0 aliphatic heterocycles. The zero-order chi connectivity index (χ0) is 21.9. The molecule has 0 aliphatic rings. The van der Waals surface area contributed by atoms with Gasteiger partial charge in [0.15, 0.2) is 4.84 Å². The van der Waals surface area contributed by atoms with Gasteiger partial charge in [-0.15, -0.1) is 0 Å². The number of nitro benzene ring substituents is 1. The number of carboxylic acid groups (broad SMARTS) is 2. The van der Waals surface area contributed by atoms with Crippen LogP contribution in [-0.4, -0.2) is 90.2 Å². The Labute approximate surface area is 197 Å². The van der Waals surface area contributed by atoms with Crippen molar-refractivity contribution in [2.24, 2.45) is 0 Å². The van der Waals surface area contributed by atoms with E-state index in [9.17, 15) is 29.6 Å². The molecule has 158 valence electrons. The van der Waals surface area contributed by atoms with Crippen LogP contribution in [0.3, 0.4) is 0 Å². The fourth-order valence-corrected chi connectivity index (χ4v) is 1.84. The van der Waals surface area contributed by atoms with Gasteiger partial charge in [-0.05, 0) is 17.7 Å². The molecule has 0 spiro atoms. The van der Waals surface area contributed by atoms with Gasteiger partial charge >= 0.3 is 41.5 Å². The summed E-state index contributed by atoms with van der Waals surface area (Å²) in [5.74, 6) is -2.91. The number of carbonyl (C=O) groups is 3. The van der Waals surface area contributed by atoms with Crippen LogP contribution in [0.15, 0.2) is 24.3 Å². The van der Waals surface area contributed by atoms with Gasteiger partial charge in [0.05, 0.1) is 30.4 Å². The van der Waals surface area contributed by atoms with E-state index in [1.807, 2.05) is 0 Å². The monoisotopic (exact) mass is 464 g/mol. The molecular weight excluding hydrogens is 446 g/mol. The van der Waals surface area contributed by atoms with Crippen LogP contribution in [-0.2, 0) is 14.4 Å². The number of halogens is 2. The Morgan fingerprint density at radius 3 is 1.83 bits per heavy atom. The fraction of sp³-hybridized carbons (Fsp3) is 0.400. The minimum atomic E-state index is -1.33. The number of carbonyl (C=O) groups excluding carboxylic acids is 1. The molecule has 0 fully saturated rings. The third kappa shape index (κ3) is 12.6. The fourth-order valence-electron chi connectivity index (χ4n) is 1.71. The number of aliphatic hydroxyl groups excluding tert-OH is 2. The van der Waals surface area contributed by atoms with Gasteiger partial charge in [0, 0.05) is 12.1 Å². The van der Waals surface area contributed by atoms with Crippen molar-refractivity contribution in [2.45, 2.75) is 29.8 Å². The second-order valence-electron chi connectivity index (χ2n) is 5.18. The topological polar surface area (TPSA) is 187 Å². The van der Waals surface area contributed by atoms with E-state index in [0.29, 0.717) is 5.56 Å². The molecular formula is C15H19Cl2N2NaO9. The summed E-state index contributed by atoms with van der Waals surface area (Å²) in [6.45, 7) is -0.551. The van der Waals surface area contributed by atoms with E-state index in [2.05, 4.69) is 5.32 Å². The van der Waals surface area contributed by atoms with E-state index in [0.717, 1.165) is 0 Å². The number of benzene rings is 1. The van der Waals surface area contributed by atoms with E-state index in [1.165, 1.54) is 24.3 Å². The van der Waals surface area contributed by atoms with Gasteiger partial charge in [0.25, 0.3) is 11.6 Å². The summed E-state index contributed by atoms with van der Waals surface area (Å²) in [7, 11) is 0. The van der Waals surface area contributed by atoms with Crippen molar-refractivity contribution >= 4 is 76.3 Å². The molecule has 0 bridgehead atoms. The normalized spacial score (nSPS) is 11.9. The summed E-state index contributed by atoms with van der Waals surface area (Å²) in [4.78, 5) is 39.2. The number of nitrogens with one attached hydrogen (secondary N) is 1. The number of carboxylic acids is 2. The number of rotatable bonds is 9. The minimum absolute atomic E-state index is 0. The van der Waals surface area contributed by atoms with E-state index < -0.39 is 46.4 Å². The standard InChI is InChI=1S/C11H12Cl2N2O5.C4H6O4.Na.H/c12-10(13)11(18)14-8(5-16)9(17)6-1-3-7(4-2-6)15(19)20;5-3(6)1-2-4(7)8;;/h1-4,8-10,16-17H,5H2,(H,14,18);1-2H2,(H,5,6)(H,7,8);;. The van der Waals surface area contributed by atoms with Crippen molar-refractivity contribution in [1.82, 2.24) is 5.32 Å². The number of alkyl halides is 2. The summed E-state index contributed by atoms with van der Waals surface area (Å²) in [5.41, 5.74) is 0.169. The van der Waals surface area contributed by atoms with Crippen LogP contribution in [0.1, 0.15) is 24.5 Å². The first kappa shape index (κ1) is 29.7. The molecule has 0 aromatic heterocycles. The Morgan fingerprint density at radius 2 is 1.52 bits per heavy atom. The molecule has 14 heteroatoms. The molecule has 0 radical (unpaired) electrons. The van der Waals surface area contributed by atoms with Crippen molar-refractivity contribution in [2.75, 3.05) is 6.61 Å². The number of aliphatic hydroxyl groups is 2. The number of hydrogen-bond donors (Lipinski definition) is 5. The van der Waals surface area contributed by atoms with Gasteiger partial charge in [-0.1, -0.05) is 23.2 Å². The van der Waals surface area contributed by atoms with Gasteiger partial charge in [-0.3, -0.25) is 24.5 Å². The molecule has 29 heavy (non-hydrogen) atoms. The van der Waals surface area contributed by atoms with Crippen LogP contribution < -0.4 is 5.32 Å². The Hall–Kier alpha value is -1.47. The molecule has 1 aromatic carbocycles. The first-order valence-electron chi connectivity index (χ1n) is 7.55. The van der Waals surface area contributed by atoms with Crippen LogP contribution in [0.5, 0.6) is 0 Å². The summed E-state index contributed by atoms with van der Waals surface area (Å²) in [6, 6.07) is 4.05.